The second-order valence-corrected chi connectivity index (χ2v) is 7.41. The Labute approximate surface area is 117 Å². The van der Waals surface area contributed by atoms with Crippen LogP contribution in [0.1, 0.15) is 41.0 Å². The highest BCUT2D eigenvalue weighted by Gasteiger charge is 2.26. The SMILES string of the molecule is CC(=O)SCCC(SC(C)=O)C(=O)OC(C)(C)C. The fourth-order valence-corrected chi connectivity index (χ4v) is 2.67. The lowest BCUT2D eigenvalue weighted by molar-refractivity contribution is -0.154. The van der Waals surface area contributed by atoms with Gasteiger partial charge in [-0.2, -0.15) is 0 Å². The normalized spacial score (nSPS) is 12.9. The molecular weight excluding hydrogens is 272 g/mol. The summed E-state index contributed by atoms with van der Waals surface area (Å²) < 4.78 is 5.25. The van der Waals surface area contributed by atoms with Gasteiger partial charge in [0.25, 0.3) is 0 Å². The monoisotopic (exact) mass is 292 g/mol. The smallest absolute Gasteiger partial charge is 0.320 e. The molecule has 104 valence electrons. The first-order valence-corrected chi connectivity index (χ1v) is 7.52. The van der Waals surface area contributed by atoms with Crippen LogP contribution in [0.4, 0.5) is 0 Å². The Morgan fingerprint density at radius 1 is 1.11 bits per heavy atom. The van der Waals surface area contributed by atoms with Crippen LogP contribution < -0.4 is 0 Å². The van der Waals surface area contributed by atoms with E-state index in [1.807, 2.05) is 0 Å². The summed E-state index contributed by atoms with van der Waals surface area (Å²) in [6.07, 6.45) is 0.448. The van der Waals surface area contributed by atoms with Crippen LogP contribution in [0, 0.1) is 0 Å². The van der Waals surface area contributed by atoms with Crippen LogP contribution in [0.3, 0.4) is 0 Å². The molecule has 6 heteroatoms. The van der Waals surface area contributed by atoms with E-state index in [4.69, 9.17) is 4.74 Å². The van der Waals surface area contributed by atoms with E-state index in [1.165, 1.54) is 13.8 Å². The van der Waals surface area contributed by atoms with Gasteiger partial charge in [0, 0.05) is 19.6 Å². The molecule has 4 nitrogen and oxygen atoms in total. The van der Waals surface area contributed by atoms with Crippen molar-refractivity contribution in [3.8, 4) is 0 Å². The molecule has 0 aromatic heterocycles. The van der Waals surface area contributed by atoms with Crippen LogP contribution in [-0.4, -0.2) is 32.8 Å². The molecule has 0 N–H and O–H groups in total. The molecule has 1 unspecified atom stereocenters. The van der Waals surface area contributed by atoms with Gasteiger partial charge in [-0.05, 0) is 27.2 Å². The number of hydrogen-bond acceptors (Lipinski definition) is 6. The summed E-state index contributed by atoms with van der Waals surface area (Å²) in [7, 11) is 0. The fraction of sp³-hybridized carbons (Fsp3) is 0.750. The quantitative estimate of drug-likeness (QED) is 0.726. The number of rotatable bonds is 5. The average molecular weight is 292 g/mol. The second-order valence-electron chi connectivity index (χ2n) is 4.76. The van der Waals surface area contributed by atoms with Gasteiger partial charge in [0.05, 0.1) is 0 Å². The molecule has 0 amide bonds. The molecule has 0 radical (unpaired) electrons. The lowest BCUT2D eigenvalue weighted by Gasteiger charge is -2.23. The predicted octanol–water partition coefficient (Wildman–Crippen LogP) is 2.65. The topological polar surface area (TPSA) is 60.4 Å². The summed E-state index contributed by atoms with van der Waals surface area (Å²) in [6.45, 7) is 8.24. The first-order valence-electron chi connectivity index (χ1n) is 5.65. The lowest BCUT2D eigenvalue weighted by atomic mass is 10.2. The minimum Gasteiger partial charge on any atom is -0.459 e. The van der Waals surface area contributed by atoms with E-state index in [0.717, 1.165) is 23.5 Å². The van der Waals surface area contributed by atoms with E-state index >= 15 is 0 Å². The molecule has 0 spiro atoms. The molecule has 0 bridgehead atoms. The largest absolute Gasteiger partial charge is 0.459 e. The maximum Gasteiger partial charge on any atom is 0.320 e. The standard InChI is InChI=1S/C12H20O4S2/c1-8(13)17-7-6-10(18-9(2)14)11(15)16-12(3,4)5/h10H,6-7H2,1-5H3. The van der Waals surface area contributed by atoms with Crippen molar-refractivity contribution in [2.75, 3.05) is 5.75 Å². The summed E-state index contributed by atoms with van der Waals surface area (Å²) in [5.41, 5.74) is -0.569. The zero-order valence-corrected chi connectivity index (χ0v) is 13.1. The zero-order chi connectivity index (χ0) is 14.3. The number of hydrogen-bond donors (Lipinski definition) is 0. The van der Waals surface area contributed by atoms with Crippen molar-refractivity contribution in [1.29, 1.82) is 0 Å². The second kappa shape index (κ2) is 7.84. The summed E-state index contributed by atoms with van der Waals surface area (Å²) in [5.74, 6) is 0.117. The predicted molar refractivity (Wildman–Crippen MR) is 75.7 cm³/mol. The Bertz CT molecular complexity index is 321. The van der Waals surface area contributed by atoms with E-state index in [9.17, 15) is 14.4 Å². The summed E-state index contributed by atoms with van der Waals surface area (Å²) in [4.78, 5) is 33.8. The van der Waals surface area contributed by atoms with Crippen LogP contribution in [-0.2, 0) is 19.1 Å². The number of carbonyl (C=O) groups excluding carboxylic acids is 3. The average Bonchev–Trinajstić information content (AvgIpc) is 2.12. The van der Waals surface area contributed by atoms with Gasteiger partial charge in [-0.25, -0.2) is 0 Å². The van der Waals surface area contributed by atoms with E-state index in [1.54, 1.807) is 20.8 Å². The highest BCUT2D eigenvalue weighted by atomic mass is 32.2. The third-order valence-electron chi connectivity index (χ3n) is 1.66. The Balaban J connectivity index is 4.42. The zero-order valence-electron chi connectivity index (χ0n) is 11.4. The van der Waals surface area contributed by atoms with E-state index in [-0.39, 0.29) is 10.2 Å². The van der Waals surface area contributed by atoms with Gasteiger partial charge in [0.15, 0.2) is 10.2 Å². The van der Waals surface area contributed by atoms with Crippen molar-refractivity contribution in [3.05, 3.63) is 0 Å². The van der Waals surface area contributed by atoms with Gasteiger partial charge in [-0.3, -0.25) is 14.4 Å². The molecule has 0 aromatic carbocycles. The number of carbonyl (C=O) groups is 3. The molecule has 0 aromatic rings. The third-order valence-corrected chi connectivity index (χ3v) is 3.55. The molecule has 0 rings (SSSR count). The summed E-state index contributed by atoms with van der Waals surface area (Å²) in [6, 6.07) is 0. The van der Waals surface area contributed by atoms with Gasteiger partial charge in [0.2, 0.25) is 0 Å². The van der Waals surface area contributed by atoms with Crippen molar-refractivity contribution < 1.29 is 19.1 Å². The van der Waals surface area contributed by atoms with Crippen LogP contribution in [0.2, 0.25) is 0 Å². The van der Waals surface area contributed by atoms with Gasteiger partial charge >= 0.3 is 5.97 Å². The van der Waals surface area contributed by atoms with Crippen molar-refractivity contribution in [2.45, 2.75) is 51.9 Å². The van der Waals surface area contributed by atoms with Crippen molar-refractivity contribution in [3.63, 3.8) is 0 Å². The van der Waals surface area contributed by atoms with Gasteiger partial charge in [0.1, 0.15) is 10.9 Å². The summed E-state index contributed by atoms with van der Waals surface area (Å²) >= 11 is 2.11. The molecule has 0 aliphatic rings. The molecule has 0 saturated carbocycles. The molecular formula is C12H20O4S2. The molecule has 0 aliphatic carbocycles. The van der Waals surface area contributed by atoms with E-state index < -0.39 is 16.8 Å². The Kier molecular flexibility index (Phi) is 7.62. The van der Waals surface area contributed by atoms with Crippen molar-refractivity contribution >= 4 is 39.7 Å². The Morgan fingerprint density at radius 2 is 1.67 bits per heavy atom. The summed E-state index contributed by atoms with van der Waals surface area (Å²) in [5, 5.41) is -0.655. The molecule has 0 heterocycles. The molecule has 0 aliphatic heterocycles. The van der Waals surface area contributed by atoms with Crippen LogP contribution in [0.5, 0.6) is 0 Å². The maximum absolute atomic E-state index is 11.9. The van der Waals surface area contributed by atoms with Crippen LogP contribution >= 0.6 is 23.5 Å². The minimum atomic E-state index is -0.569. The Hall–Kier alpha value is -0.490. The van der Waals surface area contributed by atoms with Gasteiger partial charge in [-0.1, -0.05) is 23.5 Å². The first kappa shape index (κ1) is 17.5. The minimum absolute atomic E-state index is 0.00534. The molecule has 18 heavy (non-hydrogen) atoms. The van der Waals surface area contributed by atoms with Crippen LogP contribution in [0.15, 0.2) is 0 Å². The number of ether oxygens (including phenoxy) is 1. The highest BCUT2D eigenvalue weighted by Crippen LogP contribution is 2.22. The molecule has 0 saturated heterocycles. The highest BCUT2D eigenvalue weighted by molar-refractivity contribution is 8.15. The van der Waals surface area contributed by atoms with Gasteiger partial charge < -0.3 is 4.74 Å². The lowest BCUT2D eigenvalue weighted by Crippen LogP contribution is -2.31. The van der Waals surface area contributed by atoms with E-state index in [2.05, 4.69) is 0 Å². The first-order chi connectivity index (χ1) is 8.11. The fourth-order valence-electron chi connectivity index (χ4n) is 1.10. The van der Waals surface area contributed by atoms with Crippen molar-refractivity contribution in [2.24, 2.45) is 0 Å². The van der Waals surface area contributed by atoms with Crippen LogP contribution in [0.25, 0.3) is 0 Å². The number of thioether (sulfide) groups is 2. The molecule has 0 fully saturated rings. The van der Waals surface area contributed by atoms with Gasteiger partial charge in [-0.15, -0.1) is 0 Å². The maximum atomic E-state index is 11.9. The Morgan fingerprint density at radius 3 is 2.06 bits per heavy atom. The number of esters is 1. The molecule has 1 atom stereocenters. The van der Waals surface area contributed by atoms with Crippen molar-refractivity contribution in [1.82, 2.24) is 0 Å². The van der Waals surface area contributed by atoms with E-state index in [0.29, 0.717) is 12.2 Å². The third kappa shape index (κ3) is 9.53.